The van der Waals surface area contributed by atoms with Crippen molar-refractivity contribution in [2.45, 2.75) is 4.90 Å². The number of nitrogens with one attached hydrogen (secondary N) is 2. The van der Waals surface area contributed by atoms with Crippen LogP contribution in [0.15, 0.2) is 70.7 Å². The fraction of sp³-hybridized carbons (Fsp3) is 0.0476. The Labute approximate surface area is 194 Å². The van der Waals surface area contributed by atoms with Crippen LogP contribution in [0.25, 0.3) is 0 Å². The van der Waals surface area contributed by atoms with Crippen LogP contribution in [0.1, 0.15) is 15.9 Å². The van der Waals surface area contributed by atoms with E-state index in [0.29, 0.717) is 10.6 Å². The molecule has 0 aliphatic heterocycles. The molecule has 166 valence electrons. The van der Waals surface area contributed by atoms with Crippen LogP contribution in [0, 0.1) is 0 Å². The highest BCUT2D eigenvalue weighted by atomic mass is 35.5. The van der Waals surface area contributed by atoms with Crippen LogP contribution in [0.4, 0.5) is 5.69 Å². The number of carbonyl (C=O) groups is 1. The van der Waals surface area contributed by atoms with Crippen molar-refractivity contribution in [3.05, 3.63) is 81.8 Å². The molecule has 0 unspecified atom stereocenters. The largest absolute Gasteiger partial charge is 0.504 e. The highest BCUT2D eigenvalue weighted by Crippen LogP contribution is 2.28. The maximum absolute atomic E-state index is 12.7. The van der Waals surface area contributed by atoms with E-state index in [-0.39, 0.29) is 32.7 Å². The number of amides is 1. The molecule has 0 aromatic heterocycles. The molecule has 0 aliphatic carbocycles. The monoisotopic (exact) mass is 493 g/mol. The van der Waals surface area contributed by atoms with Crippen molar-refractivity contribution in [3.63, 3.8) is 0 Å². The fourth-order valence-corrected chi connectivity index (χ4v) is 4.10. The van der Waals surface area contributed by atoms with Crippen molar-refractivity contribution in [1.82, 2.24) is 5.43 Å². The van der Waals surface area contributed by atoms with Gasteiger partial charge in [0, 0.05) is 10.6 Å². The third-order valence-corrected chi connectivity index (χ3v) is 6.09. The zero-order chi connectivity index (χ0) is 23.3. The first kappa shape index (κ1) is 23.4. The van der Waals surface area contributed by atoms with E-state index >= 15 is 0 Å². The number of hydrogen-bond acceptors (Lipinski definition) is 6. The summed E-state index contributed by atoms with van der Waals surface area (Å²) in [7, 11) is -2.62. The van der Waals surface area contributed by atoms with E-state index in [1.165, 1.54) is 67.9 Å². The van der Waals surface area contributed by atoms with E-state index in [0.717, 1.165) is 0 Å². The molecule has 0 radical (unpaired) electrons. The number of ether oxygens (including phenoxy) is 1. The number of methoxy groups -OCH3 is 1. The lowest BCUT2D eigenvalue weighted by molar-refractivity contribution is 0.0955. The molecule has 11 heteroatoms. The Balaban J connectivity index is 1.74. The molecule has 0 heterocycles. The van der Waals surface area contributed by atoms with Crippen molar-refractivity contribution < 1.29 is 23.1 Å². The summed E-state index contributed by atoms with van der Waals surface area (Å²) in [5.41, 5.74) is 3.07. The summed E-state index contributed by atoms with van der Waals surface area (Å²) in [6.45, 7) is 0. The van der Waals surface area contributed by atoms with Crippen LogP contribution in [-0.4, -0.2) is 32.8 Å². The summed E-state index contributed by atoms with van der Waals surface area (Å²) in [5, 5.41) is 13.9. The number of nitrogens with zero attached hydrogens (tertiary/aromatic N) is 1. The molecule has 3 rings (SSSR count). The van der Waals surface area contributed by atoms with Crippen LogP contribution in [0.2, 0.25) is 10.0 Å². The number of phenols is 1. The van der Waals surface area contributed by atoms with Gasteiger partial charge in [0.25, 0.3) is 15.9 Å². The van der Waals surface area contributed by atoms with Gasteiger partial charge >= 0.3 is 0 Å². The molecular weight excluding hydrogens is 477 g/mol. The Bertz CT molecular complexity index is 1300. The van der Waals surface area contributed by atoms with E-state index in [1.807, 2.05) is 0 Å². The minimum atomic E-state index is -4.03. The number of rotatable bonds is 7. The first-order valence-corrected chi connectivity index (χ1v) is 11.2. The Morgan fingerprint density at radius 2 is 1.88 bits per heavy atom. The quantitative estimate of drug-likeness (QED) is 0.335. The van der Waals surface area contributed by atoms with Crippen molar-refractivity contribution in [1.29, 1.82) is 0 Å². The minimum Gasteiger partial charge on any atom is -0.504 e. The van der Waals surface area contributed by atoms with E-state index < -0.39 is 15.9 Å². The van der Waals surface area contributed by atoms with Crippen molar-refractivity contribution in [2.24, 2.45) is 5.10 Å². The van der Waals surface area contributed by atoms with Gasteiger partial charge in [0.05, 0.1) is 28.9 Å². The molecule has 3 aromatic rings. The van der Waals surface area contributed by atoms with Gasteiger partial charge in [-0.25, -0.2) is 13.8 Å². The highest BCUT2D eigenvalue weighted by Gasteiger charge is 2.18. The number of anilines is 1. The highest BCUT2D eigenvalue weighted by molar-refractivity contribution is 7.92. The molecule has 0 atom stereocenters. The van der Waals surface area contributed by atoms with Gasteiger partial charge in [0.15, 0.2) is 11.5 Å². The molecule has 3 N–H and O–H groups in total. The molecule has 0 saturated carbocycles. The minimum absolute atomic E-state index is 0.0284. The summed E-state index contributed by atoms with van der Waals surface area (Å²) in [6.07, 6.45) is 1.35. The second-order valence-corrected chi connectivity index (χ2v) is 8.91. The second-order valence-electron chi connectivity index (χ2n) is 6.39. The predicted molar refractivity (Wildman–Crippen MR) is 123 cm³/mol. The Morgan fingerprint density at radius 1 is 1.09 bits per heavy atom. The van der Waals surface area contributed by atoms with Gasteiger partial charge in [0.1, 0.15) is 0 Å². The van der Waals surface area contributed by atoms with Crippen LogP contribution in [-0.2, 0) is 10.0 Å². The maximum atomic E-state index is 12.7. The average molecular weight is 494 g/mol. The molecule has 0 fully saturated rings. The second kappa shape index (κ2) is 9.90. The maximum Gasteiger partial charge on any atom is 0.271 e. The number of phenolic OH excluding ortho intramolecular Hbond substituents is 1. The summed E-state index contributed by atoms with van der Waals surface area (Å²) >= 11 is 11.9. The molecule has 0 saturated heterocycles. The average Bonchev–Trinajstić information content (AvgIpc) is 2.77. The van der Waals surface area contributed by atoms with Gasteiger partial charge in [-0.2, -0.15) is 5.10 Å². The van der Waals surface area contributed by atoms with Crippen molar-refractivity contribution in [3.8, 4) is 11.5 Å². The summed E-state index contributed by atoms with van der Waals surface area (Å²) in [5.74, 6) is -0.394. The zero-order valence-corrected chi connectivity index (χ0v) is 18.9. The van der Waals surface area contributed by atoms with E-state index in [2.05, 4.69) is 15.2 Å². The first-order valence-electron chi connectivity index (χ1n) is 8.98. The van der Waals surface area contributed by atoms with Crippen molar-refractivity contribution >= 4 is 51.0 Å². The number of halogens is 2. The molecule has 3 aromatic carbocycles. The summed E-state index contributed by atoms with van der Waals surface area (Å²) in [4.78, 5) is 12.3. The summed E-state index contributed by atoms with van der Waals surface area (Å²) < 4.78 is 32.8. The van der Waals surface area contributed by atoms with Gasteiger partial charge < -0.3 is 9.84 Å². The van der Waals surface area contributed by atoms with Gasteiger partial charge in [-0.05, 0) is 60.2 Å². The standard InChI is InChI=1S/C21H17Cl2N3O5S/c1-31-20-9-13(5-8-19(20)27)12-24-25-21(28)14-3-2-4-16(10-14)32(29,30)26-18-11-15(22)6-7-17(18)23/h2-12,26-27H,1H3,(H,25,28)/b24-12+. The van der Waals surface area contributed by atoms with Crippen LogP contribution < -0.4 is 14.9 Å². The van der Waals surface area contributed by atoms with E-state index in [9.17, 15) is 18.3 Å². The topological polar surface area (TPSA) is 117 Å². The predicted octanol–water partition coefficient (Wildman–Crippen LogP) is 4.27. The Hall–Kier alpha value is -3.27. The number of carbonyl (C=O) groups excluding carboxylic acids is 1. The Kier molecular flexibility index (Phi) is 7.24. The molecule has 32 heavy (non-hydrogen) atoms. The summed E-state index contributed by atoms with van der Waals surface area (Å²) in [6, 6.07) is 14.3. The van der Waals surface area contributed by atoms with Gasteiger partial charge in [-0.3, -0.25) is 9.52 Å². The van der Waals surface area contributed by atoms with E-state index in [4.69, 9.17) is 27.9 Å². The SMILES string of the molecule is COc1cc(/C=N/NC(=O)c2cccc(S(=O)(=O)Nc3cc(Cl)ccc3Cl)c2)ccc1O. The molecular formula is C21H17Cl2N3O5S. The molecule has 8 nitrogen and oxygen atoms in total. The number of hydrogen-bond donors (Lipinski definition) is 3. The fourth-order valence-electron chi connectivity index (χ4n) is 2.59. The third-order valence-electron chi connectivity index (χ3n) is 4.16. The van der Waals surface area contributed by atoms with Crippen LogP contribution in [0.5, 0.6) is 11.5 Å². The number of benzene rings is 3. The molecule has 1 amide bonds. The molecule has 0 bridgehead atoms. The third kappa shape index (κ3) is 5.70. The number of sulfonamides is 1. The zero-order valence-electron chi connectivity index (χ0n) is 16.5. The van der Waals surface area contributed by atoms with Crippen molar-refractivity contribution in [2.75, 3.05) is 11.8 Å². The van der Waals surface area contributed by atoms with Gasteiger partial charge in [-0.1, -0.05) is 29.3 Å². The molecule has 0 spiro atoms. The lowest BCUT2D eigenvalue weighted by Crippen LogP contribution is -2.19. The van der Waals surface area contributed by atoms with Crippen LogP contribution >= 0.6 is 23.2 Å². The normalized spacial score (nSPS) is 11.3. The first-order chi connectivity index (χ1) is 15.2. The smallest absolute Gasteiger partial charge is 0.271 e. The number of hydrazone groups is 1. The molecule has 0 aliphatic rings. The lowest BCUT2D eigenvalue weighted by Gasteiger charge is -2.11. The van der Waals surface area contributed by atoms with Gasteiger partial charge in [0.2, 0.25) is 0 Å². The Morgan fingerprint density at radius 3 is 2.62 bits per heavy atom. The van der Waals surface area contributed by atoms with Crippen LogP contribution in [0.3, 0.4) is 0 Å². The lowest BCUT2D eigenvalue weighted by atomic mass is 10.2. The van der Waals surface area contributed by atoms with E-state index in [1.54, 1.807) is 6.07 Å². The van der Waals surface area contributed by atoms with Gasteiger partial charge in [-0.15, -0.1) is 0 Å². The number of aromatic hydroxyl groups is 1.